The van der Waals surface area contributed by atoms with Crippen molar-refractivity contribution in [2.45, 2.75) is 13.0 Å². The third-order valence-electron chi connectivity index (χ3n) is 2.91. The summed E-state index contributed by atoms with van der Waals surface area (Å²) in [5.41, 5.74) is 0.476. The Bertz CT molecular complexity index is 761. The summed E-state index contributed by atoms with van der Waals surface area (Å²) in [5.74, 6) is 1.17. The quantitative estimate of drug-likeness (QED) is 0.274. The number of aromatic nitrogens is 1. The third kappa shape index (κ3) is 5.75. The van der Waals surface area contributed by atoms with Gasteiger partial charge < -0.3 is 9.30 Å². The zero-order chi connectivity index (χ0) is 17.0. The van der Waals surface area contributed by atoms with Gasteiger partial charge in [-0.2, -0.15) is 12.1 Å². The molecule has 0 atom stereocenters. The zero-order valence-electron chi connectivity index (χ0n) is 12.6. The normalized spacial score (nSPS) is 10.6. The van der Waals surface area contributed by atoms with Crippen LogP contribution in [0.1, 0.15) is 0 Å². The van der Waals surface area contributed by atoms with Gasteiger partial charge in [0, 0.05) is 32.7 Å². The SMILES string of the molecule is CSCOc1ccc(-c2[c-]cc(I)c(=O)n2CC(F)F)c(Br)c1.[Y]. The van der Waals surface area contributed by atoms with Crippen LogP contribution in [-0.4, -0.2) is 23.2 Å². The van der Waals surface area contributed by atoms with E-state index in [0.29, 0.717) is 31.0 Å². The van der Waals surface area contributed by atoms with Gasteiger partial charge in [0.2, 0.25) is 5.56 Å². The van der Waals surface area contributed by atoms with Gasteiger partial charge in [0.05, 0.1) is 6.54 Å². The van der Waals surface area contributed by atoms with Crippen molar-refractivity contribution in [3.8, 4) is 17.0 Å². The number of hydrogen-bond acceptors (Lipinski definition) is 3. The standard InChI is InChI=1S/C15H12BrF2INO2S.Y/c1-23-8-22-9-2-3-10(11(16)6-9)13-5-4-12(19)15(21)20(13)7-14(17)18;/h2-4,6,14H,7-8H2,1H3;/q-1;. The summed E-state index contributed by atoms with van der Waals surface area (Å²) in [5, 5.41) is 0. The monoisotopic (exact) mass is 603 g/mol. The predicted octanol–water partition coefficient (Wildman–Crippen LogP) is 4.64. The minimum Gasteiger partial charge on any atom is -0.483 e. The van der Waals surface area contributed by atoms with E-state index in [1.165, 1.54) is 6.07 Å². The maximum Gasteiger partial charge on any atom is 0.256 e. The molecule has 0 aliphatic heterocycles. The number of pyridine rings is 1. The smallest absolute Gasteiger partial charge is 0.256 e. The Kier molecular flexibility index (Phi) is 9.95. The first-order valence-electron chi connectivity index (χ1n) is 6.45. The van der Waals surface area contributed by atoms with Crippen molar-refractivity contribution < 1.29 is 46.2 Å². The maximum absolute atomic E-state index is 12.8. The first-order chi connectivity index (χ1) is 10.9. The summed E-state index contributed by atoms with van der Waals surface area (Å²) in [4.78, 5) is 12.2. The van der Waals surface area contributed by atoms with E-state index in [-0.39, 0.29) is 32.7 Å². The first-order valence-corrected chi connectivity index (χ1v) is 9.71. The minimum absolute atomic E-state index is 0. The van der Waals surface area contributed by atoms with Crippen LogP contribution in [0.5, 0.6) is 5.75 Å². The molecule has 0 bridgehead atoms. The molecule has 0 amide bonds. The van der Waals surface area contributed by atoms with Crippen LogP contribution in [0.3, 0.4) is 0 Å². The van der Waals surface area contributed by atoms with Gasteiger partial charge >= 0.3 is 0 Å². The molecule has 2 rings (SSSR count). The van der Waals surface area contributed by atoms with Gasteiger partial charge in [0.1, 0.15) is 11.7 Å². The van der Waals surface area contributed by atoms with Crippen molar-refractivity contribution in [1.29, 1.82) is 0 Å². The molecule has 0 aliphatic carbocycles. The number of hydrogen-bond donors (Lipinski definition) is 0. The maximum atomic E-state index is 12.8. The van der Waals surface area contributed by atoms with Crippen molar-refractivity contribution in [3.05, 3.63) is 48.7 Å². The molecular weight excluding hydrogens is 592 g/mol. The molecule has 0 aliphatic rings. The topological polar surface area (TPSA) is 31.2 Å². The van der Waals surface area contributed by atoms with Crippen LogP contribution in [0, 0.1) is 9.64 Å². The number of thioether (sulfide) groups is 1. The number of ether oxygens (including phenoxy) is 1. The molecule has 9 heteroatoms. The molecule has 0 unspecified atom stereocenters. The van der Waals surface area contributed by atoms with Gasteiger partial charge in [-0.25, -0.2) is 8.78 Å². The Morgan fingerprint density at radius 3 is 2.75 bits per heavy atom. The second kappa shape index (κ2) is 10.6. The van der Waals surface area contributed by atoms with Gasteiger partial charge in [0.15, 0.2) is 0 Å². The molecule has 0 saturated carbocycles. The van der Waals surface area contributed by atoms with Crippen molar-refractivity contribution in [2.75, 3.05) is 12.2 Å². The van der Waals surface area contributed by atoms with Crippen LogP contribution in [-0.2, 0) is 39.3 Å². The third-order valence-corrected chi connectivity index (χ3v) is 4.70. The molecule has 2 aromatic rings. The van der Waals surface area contributed by atoms with Crippen molar-refractivity contribution in [2.24, 2.45) is 0 Å². The van der Waals surface area contributed by atoms with Crippen LogP contribution < -0.4 is 10.3 Å². The van der Waals surface area contributed by atoms with Crippen LogP contribution in [0.2, 0.25) is 0 Å². The summed E-state index contributed by atoms with van der Waals surface area (Å²) < 4.78 is 33.2. The number of benzene rings is 1. The van der Waals surface area contributed by atoms with E-state index in [4.69, 9.17) is 4.74 Å². The first kappa shape index (κ1) is 22.5. The molecule has 1 aromatic heterocycles. The van der Waals surface area contributed by atoms with Gasteiger partial charge in [-0.1, -0.05) is 27.2 Å². The van der Waals surface area contributed by atoms with E-state index >= 15 is 0 Å². The number of halogens is 4. The summed E-state index contributed by atoms with van der Waals surface area (Å²) in [7, 11) is 0. The summed E-state index contributed by atoms with van der Waals surface area (Å²) in [6.07, 6.45) is -0.700. The fourth-order valence-corrected chi connectivity index (χ4v) is 3.19. The zero-order valence-corrected chi connectivity index (χ0v) is 20.0. The van der Waals surface area contributed by atoms with Crippen LogP contribution in [0.25, 0.3) is 11.3 Å². The second-order valence-corrected chi connectivity index (χ2v) is 7.31. The van der Waals surface area contributed by atoms with Gasteiger partial charge in [-0.15, -0.1) is 40.4 Å². The molecule has 1 radical (unpaired) electrons. The van der Waals surface area contributed by atoms with Gasteiger partial charge in [0.25, 0.3) is 6.43 Å². The fraction of sp³-hybridized carbons (Fsp3) is 0.267. The van der Waals surface area contributed by atoms with E-state index in [2.05, 4.69) is 22.0 Å². The molecule has 0 spiro atoms. The molecular formula is C15H12BrF2INO2SY-. The van der Waals surface area contributed by atoms with Crippen LogP contribution >= 0.6 is 50.3 Å². The Morgan fingerprint density at radius 1 is 1.46 bits per heavy atom. The molecule has 127 valence electrons. The largest absolute Gasteiger partial charge is 0.483 e. The van der Waals surface area contributed by atoms with Gasteiger partial charge in [-0.3, -0.25) is 4.79 Å². The molecule has 1 heterocycles. The minimum atomic E-state index is -2.62. The van der Waals surface area contributed by atoms with Crippen molar-refractivity contribution in [1.82, 2.24) is 4.57 Å². The Morgan fingerprint density at radius 2 is 2.17 bits per heavy atom. The molecule has 0 saturated heterocycles. The molecule has 3 nitrogen and oxygen atoms in total. The van der Waals surface area contributed by atoms with Crippen molar-refractivity contribution >= 4 is 50.3 Å². The summed E-state index contributed by atoms with van der Waals surface area (Å²) >= 11 is 6.77. The van der Waals surface area contributed by atoms with E-state index < -0.39 is 18.5 Å². The number of nitrogens with zero attached hydrogens (tertiary/aromatic N) is 1. The second-order valence-electron chi connectivity index (χ2n) is 4.48. The molecule has 24 heavy (non-hydrogen) atoms. The summed E-state index contributed by atoms with van der Waals surface area (Å²) in [6, 6.07) is 9.63. The van der Waals surface area contributed by atoms with Crippen molar-refractivity contribution in [3.63, 3.8) is 0 Å². The number of rotatable bonds is 6. The van der Waals surface area contributed by atoms with E-state index in [1.807, 2.05) is 28.8 Å². The Labute approximate surface area is 190 Å². The molecule has 0 fully saturated rings. The van der Waals surface area contributed by atoms with E-state index in [1.54, 1.807) is 30.0 Å². The molecule has 1 aromatic carbocycles. The Balaban J connectivity index is 0.00000288. The summed E-state index contributed by atoms with van der Waals surface area (Å²) in [6.45, 7) is -0.668. The van der Waals surface area contributed by atoms with E-state index in [9.17, 15) is 13.6 Å². The Hall–Kier alpha value is 0.494. The predicted molar refractivity (Wildman–Crippen MR) is 100 cm³/mol. The van der Waals surface area contributed by atoms with Crippen LogP contribution in [0.4, 0.5) is 8.78 Å². The average molecular weight is 604 g/mol. The van der Waals surface area contributed by atoms with Gasteiger partial charge in [-0.05, 0) is 26.4 Å². The molecule has 0 N–H and O–H groups in total. The van der Waals surface area contributed by atoms with Crippen LogP contribution in [0.15, 0.2) is 33.5 Å². The average Bonchev–Trinajstić information content (AvgIpc) is 2.50. The fourth-order valence-electron chi connectivity index (χ4n) is 1.94. The van der Waals surface area contributed by atoms with E-state index in [0.717, 1.165) is 4.57 Å². The number of alkyl halides is 2.